The largest absolute Gasteiger partial charge is 0.497 e. The zero-order chi connectivity index (χ0) is 17.1. The van der Waals surface area contributed by atoms with Crippen LogP contribution in [0.1, 0.15) is 5.56 Å². The Labute approximate surface area is 136 Å². The summed E-state index contributed by atoms with van der Waals surface area (Å²) >= 11 is 0. The van der Waals surface area contributed by atoms with Crippen molar-refractivity contribution >= 4 is 22.3 Å². The number of nitrogens with zero attached hydrogens (tertiary/aromatic N) is 1. The van der Waals surface area contributed by atoms with E-state index >= 15 is 0 Å². The van der Waals surface area contributed by atoms with Gasteiger partial charge in [-0.05, 0) is 29.8 Å². The van der Waals surface area contributed by atoms with Crippen molar-refractivity contribution in [2.24, 2.45) is 0 Å². The molecule has 1 N–H and O–H groups in total. The fourth-order valence-corrected chi connectivity index (χ4v) is 2.42. The summed E-state index contributed by atoms with van der Waals surface area (Å²) in [5.41, 5.74) is -0.228. The molecule has 7 heteroatoms. The van der Waals surface area contributed by atoms with Crippen LogP contribution < -0.4 is 15.7 Å². The molecule has 122 valence electrons. The van der Waals surface area contributed by atoms with Crippen LogP contribution in [0.5, 0.6) is 5.75 Å². The molecule has 0 saturated carbocycles. The Morgan fingerprint density at radius 2 is 1.88 bits per heavy atom. The lowest BCUT2D eigenvalue weighted by Gasteiger charge is -2.10. The van der Waals surface area contributed by atoms with E-state index in [-0.39, 0.29) is 5.69 Å². The standard InChI is InChI=1S/C17H14N2O5/c1-23-12-8-6-11(7-9-12)10-18-15-13-4-2-3-5-14(13)24-17(20)16(15)19(21)22/h2-9,18H,10H2,1H3. The summed E-state index contributed by atoms with van der Waals surface area (Å²) in [5.74, 6) is 0.718. The number of hydrogen-bond donors (Lipinski definition) is 1. The van der Waals surface area contributed by atoms with Crippen LogP contribution in [0.2, 0.25) is 0 Å². The molecule has 0 fully saturated rings. The van der Waals surface area contributed by atoms with E-state index in [2.05, 4.69) is 5.32 Å². The average molecular weight is 326 g/mol. The summed E-state index contributed by atoms with van der Waals surface area (Å²) in [7, 11) is 1.58. The van der Waals surface area contributed by atoms with Gasteiger partial charge in [-0.2, -0.15) is 0 Å². The monoisotopic (exact) mass is 326 g/mol. The molecule has 0 spiro atoms. The van der Waals surface area contributed by atoms with Crippen LogP contribution in [-0.4, -0.2) is 12.0 Å². The first-order chi connectivity index (χ1) is 11.6. The van der Waals surface area contributed by atoms with Crippen molar-refractivity contribution in [2.75, 3.05) is 12.4 Å². The van der Waals surface area contributed by atoms with E-state index in [4.69, 9.17) is 9.15 Å². The van der Waals surface area contributed by atoms with Crippen molar-refractivity contribution in [2.45, 2.75) is 6.54 Å². The van der Waals surface area contributed by atoms with Gasteiger partial charge in [0.05, 0.1) is 12.0 Å². The molecule has 0 aliphatic heterocycles. The van der Waals surface area contributed by atoms with E-state index in [9.17, 15) is 14.9 Å². The van der Waals surface area contributed by atoms with E-state index in [1.807, 2.05) is 12.1 Å². The van der Waals surface area contributed by atoms with Crippen LogP contribution in [-0.2, 0) is 6.54 Å². The second-order valence-electron chi connectivity index (χ2n) is 5.07. The quantitative estimate of drug-likeness (QED) is 0.439. The van der Waals surface area contributed by atoms with E-state index < -0.39 is 16.2 Å². The second-order valence-corrected chi connectivity index (χ2v) is 5.07. The molecule has 3 aromatic rings. The van der Waals surface area contributed by atoms with Gasteiger partial charge in [0.2, 0.25) is 0 Å². The number of nitro groups is 1. The smallest absolute Gasteiger partial charge is 0.417 e. The van der Waals surface area contributed by atoms with Gasteiger partial charge in [0.1, 0.15) is 17.0 Å². The van der Waals surface area contributed by atoms with Crippen molar-refractivity contribution in [1.29, 1.82) is 0 Å². The van der Waals surface area contributed by atoms with Gasteiger partial charge >= 0.3 is 11.3 Å². The maximum Gasteiger partial charge on any atom is 0.417 e. The summed E-state index contributed by atoms with van der Waals surface area (Å²) in [5, 5.41) is 14.7. The van der Waals surface area contributed by atoms with E-state index in [0.29, 0.717) is 17.5 Å². The van der Waals surface area contributed by atoms with Crippen LogP contribution in [0.15, 0.2) is 57.7 Å². The highest BCUT2D eigenvalue weighted by Gasteiger charge is 2.24. The Balaban J connectivity index is 2.01. The third kappa shape index (κ3) is 2.91. The third-order valence-corrected chi connectivity index (χ3v) is 3.60. The van der Waals surface area contributed by atoms with Crippen LogP contribution in [0.4, 0.5) is 11.4 Å². The molecule has 24 heavy (non-hydrogen) atoms. The highest BCUT2D eigenvalue weighted by molar-refractivity contribution is 5.94. The average Bonchev–Trinajstić information content (AvgIpc) is 2.59. The zero-order valence-corrected chi connectivity index (χ0v) is 12.8. The van der Waals surface area contributed by atoms with E-state index in [0.717, 1.165) is 11.3 Å². The van der Waals surface area contributed by atoms with Gasteiger partial charge in [0.15, 0.2) is 0 Å². The summed E-state index contributed by atoms with van der Waals surface area (Å²) < 4.78 is 10.1. The van der Waals surface area contributed by atoms with Crippen molar-refractivity contribution in [3.8, 4) is 5.75 Å². The van der Waals surface area contributed by atoms with Crippen LogP contribution in [0, 0.1) is 10.1 Å². The topological polar surface area (TPSA) is 94.6 Å². The highest BCUT2D eigenvalue weighted by Crippen LogP contribution is 2.30. The van der Waals surface area contributed by atoms with Gasteiger partial charge in [0, 0.05) is 11.9 Å². The SMILES string of the molecule is COc1ccc(CNc2c([N+](=O)[O-])c(=O)oc3ccccc23)cc1. The Kier molecular flexibility index (Phi) is 4.15. The van der Waals surface area contributed by atoms with Crippen LogP contribution >= 0.6 is 0 Å². The lowest BCUT2D eigenvalue weighted by atomic mass is 10.1. The van der Waals surface area contributed by atoms with Crippen LogP contribution in [0.25, 0.3) is 11.0 Å². The second kappa shape index (κ2) is 6.41. The van der Waals surface area contributed by atoms with Gasteiger partial charge in [-0.15, -0.1) is 0 Å². The number of rotatable bonds is 5. The van der Waals surface area contributed by atoms with Gasteiger partial charge in [0.25, 0.3) is 0 Å². The number of fused-ring (bicyclic) bond motifs is 1. The molecule has 0 saturated heterocycles. The Morgan fingerprint density at radius 3 is 2.54 bits per heavy atom. The molecule has 0 aliphatic rings. The molecule has 2 aromatic carbocycles. The first-order valence-electron chi connectivity index (χ1n) is 7.17. The normalized spacial score (nSPS) is 10.5. The fraction of sp³-hybridized carbons (Fsp3) is 0.118. The predicted octanol–water partition coefficient (Wildman–Crippen LogP) is 3.32. The molecule has 3 rings (SSSR count). The Morgan fingerprint density at radius 1 is 1.17 bits per heavy atom. The number of hydrogen-bond acceptors (Lipinski definition) is 6. The minimum Gasteiger partial charge on any atom is -0.497 e. The molecule has 0 radical (unpaired) electrons. The molecule has 0 aliphatic carbocycles. The molecule has 0 atom stereocenters. The summed E-state index contributed by atoms with van der Waals surface area (Å²) in [6, 6.07) is 14.0. The first kappa shape index (κ1) is 15.5. The lowest BCUT2D eigenvalue weighted by molar-refractivity contribution is -0.386. The maximum absolute atomic E-state index is 11.9. The third-order valence-electron chi connectivity index (χ3n) is 3.60. The van der Waals surface area contributed by atoms with Crippen molar-refractivity contribution in [1.82, 2.24) is 0 Å². The number of para-hydroxylation sites is 1. The highest BCUT2D eigenvalue weighted by atomic mass is 16.6. The van der Waals surface area contributed by atoms with E-state index in [1.54, 1.807) is 43.5 Å². The number of anilines is 1. The molecular formula is C17H14N2O5. The Hall–Kier alpha value is -3.35. The van der Waals surface area contributed by atoms with Crippen molar-refractivity contribution in [3.05, 3.63) is 74.6 Å². The van der Waals surface area contributed by atoms with Crippen molar-refractivity contribution in [3.63, 3.8) is 0 Å². The fourth-order valence-electron chi connectivity index (χ4n) is 2.42. The number of nitrogens with one attached hydrogen (secondary N) is 1. The van der Waals surface area contributed by atoms with Gasteiger partial charge in [-0.25, -0.2) is 4.79 Å². The lowest BCUT2D eigenvalue weighted by Crippen LogP contribution is -2.12. The van der Waals surface area contributed by atoms with Gasteiger partial charge in [-0.1, -0.05) is 24.3 Å². The maximum atomic E-state index is 11.9. The number of methoxy groups -OCH3 is 1. The molecular weight excluding hydrogens is 312 g/mol. The number of benzene rings is 2. The summed E-state index contributed by atoms with van der Waals surface area (Å²) in [6.07, 6.45) is 0. The molecule has 0 unspecified atom stereocenters. The number of ether oxygens (including phenoxy) is 1. The molecule has 1 heterocycles. The molecule has 1 aromatic heterocycles. The predicted molar refractivity (Wildman–Crippen MR) is 89.5 cm³/mol. The van der Waals surface area contributed by atoms with E-state index in [1.165, 1.54) is 0 Å². The zero-order valence-electron chi connectivity index (χ0n) is 12.8. The first-order valence-corrected chi connectivity index (χ1v) is 7.17. The Bertz CT molecular complexity index is 947. The van der Waals surface area contributed by atoms with Gasteiger partial charge in [-0.3, -0.25) is 10.1 Å². The summed E-state index contributed by atoms with van der Waals surface area (Å²) in [6.45, 7) is 0.318. The van der Waals surface area contributed by atoms with Crippen molar-refractivity contribution < 1.29 is 14.1 Å². The molecule has 7 nitrogen and oxygen atoms in total. The molecule has 0 amide bonds. The minimum absolute atomic E-state index is 0.155. The molecule has 0 bridgehead atoms. The minimum atomic E-state index is -0.976. The van der Waals surface area contributed by atoms with Gasteiger partial charge < -0.3 is 14.5 Å². The summed E-state index contributed by atoms with van der Waals surface area (Å²) in [4.78, 5) is 22.5. The van der Waals surface area contributed by atoms with Crippen LogP contribution in [0.3, 0.4) is 0 Å².